The monoisotopic (exact) mass is 332 g/mol. The van der Waals surface area contributed by atoms with Crippen molar-refractivity contribution in [2.45, 2.75) is 46.1 Å². The fourth-order valence-corrected chi connectivity index (χ4v) is 2.94. The highest BCUT2D eigenvalue weighted by molar-refractivity contribution is 6.00. The van der Waals surface area contributed by atoms with Crippen LogP contribution in [0.3, 0.4) is 0 Å². The number of aryl methyl sites for hydroxylation is 1. The van der Waals surface area contributed by atoms with Gasteiger partial charge in [-0.05, 0) is 38.3 Å². The van der Waals surface area contributed by atoms with Gasteiger partial charge in [0.05, 0.1) is 12.0 Å². The van der Waals surface area contributed by atoms with Gasteiger partial charge in [-0.15, -0.1) is 0 Å². The lowest BCUT2D eigenvalue weighted by atomic mass is 10.1. The van der Waals surface area contributed by atoms with Crippen molar-refractivity contribution in [3.8, 4) is 0 Å². The molecule has 1 unspecified atom stereocenters. The van der Waals surface area contributed by atoms with Crippen LogP contribution in [0.25, 0.3) is 0 Å². The molecule has 1 aliphatic rings. The summed E-state index contributed by atoms with van der Waals surface area (Å²) >= 11 is 0. The normalized spacial score (nSPS) is 17.6. The summed E-state index contributed by atoms with van der Waals surface area (Å²) in [6, 6.07) is 7.90. The van der Waals surface area contributed by atoms with E-state index < -0.39 is 0 Å². The predicted molar refractivity (Wildman–Crippen MR) is 95.0 cm³/mol. The van der Waals surface area contributed by atoms with Gasteiger partial charge in [-0.25, -0.2) is 0 Å². The van der Waals surface area contributed by atoms with Crippen LogP contribution in [0.2, 0.25) is 0 Å². The Morgan fingerprint density at radius 3 is 2.83 bits per heavy atom. The third-order valence-corrected chi connectivity index (χ3v) is 4.23. The van der Waals surface area contributed by atoms with Crippen LogP contribution >= 0.6 is 0 Å². The lowest BCUT2D eigenvalue weighted by Gasteiger charge is -2.20. The summed E-state index contributed by atoms with van der Waals surface area (Å²) in [4.78, 5) is 26.4. The molecule has 1 aromatic rings. The van der Waals surface area contributed by atoms with Crippen molar-refractivity contribution in [2.24, 2.45) is 5.92 Å². The highest BCUT2D eigenvalue weighted by Gasteiger charge is 2.35. The maximum atomic E-state index is 12.3. The second-order valence-electron chi connectivity index (χ2n) is 6.45. The molecule has 1 saturated heterocycles. The Bertz CT molecular complexity index is 571. The number of amides is 2. The predicted octanol–water partition coefficient (Wildman–Crippen LogP) is 2.53. The molecular weight excluding hydrogens is 304 g/mol. The van der Waals surface area contributed by atoms with E-state index >= 15 is 0 Å². The number of carbonyl (C=O) groups is 2. The van der Waals surface area contributed by atoms with E-state index in [9.17, 15) is 9.59 Å². The van der Waals surface area contributed by atoms with E-state index in [1.54, 1.807) is 4.90 Å². The van der Waals surface area contributed by atoms with Gasteiger partial charge in [0, 0.05) is 31.8 Å². The van der Waals surface area contributed by atoms with Gasteiger partial charge < -0.3 is 15.0 Å². The molecule has 5 heteroatoms. The van der Waals surface area contributed by atoms with Crippen LogP contribution in [-0.4, -0.2) is 37.6 Å². The van der Waals surface area contributed by atoms with Gasteiger partial charge >= 0.3 is 0 Å². The van der Waals surface area contributed by atoms with Crippen LogP contribution in [0.15, 0.2) is 24.3 Å². The Morgan fingerprint density at radius 2 is 2.12 bits per heavy atom. The van der Waals surface area contributed by atoms with Crippen molar-refractivity contribution in [3.05, 3.63) is 29.8 Å². The molecular formula is C19H28N2O3. The zero-order valence-electron chi connectivity index (χ0n) is 14.9. The van der Waals surface area contributed by atoms with Crippen LogP contribution in [0.1, 0.15) is 39.2 Å². The van der Waals surface area contributed by atoms with Crippen molar-refractivity contribution in [2.75, 3.05) is 24.6 Å². The van der Waals surface area contributed by atoms with Crippen molar-refractivity contribution in [1.29, 1.82) is 0 Å². The summed E-state index contributed by atoms with van der Waals surface area (Å²) in [5.41, 5.74) is 2.07. The molecule has 1 heterocycles. The average Bonchev–Trinajstić information content (AvgIpc) is 2.95. The topological polar surface area (TPSA) is 58.6 Å². The van der Waals surface area contributed by atoms with Gasteiger partial charge in [-0.2, -0.15) is 0 Å². The third-order valence-electron chi connectivity index (χ3n) is 4.23. The Balaban J connectivity index is 1.86. The van der Waals surface area contributed by atoms with Gasteiger partial charge in [0.1, 0.15) is 0 Å². The van der Waals surface area contributed by atoms with E-state index in [1.165, 1.54) is 0 Å². The summed E-state index contributed by atoms with van der Waals surface area (Å²) in [5.74, 6) is -0.281. The van der Waals surface area contributed by atoms with Gasteiger partial charge in [0.2, 0.25) is 11.8 Å². The summed E-state index contributed by atoms with van der Waals surface area (Å²) < 4.78 is 5.45. The molecule has 0 saturated carbocycles. The number of hydrogen-bond acceptors (Lipinski definition) is 3. The first kappa shape index (κ1) is 18.5. The van der Waals surface area contributed by atoms with Crippen LogP contribution < -0.4 is 10.2 Å². The molecule has 0 spiro atoms. The standard InChI is InChI=1S/C19H28N2O3/c1-4-15-8-5-6-9-17(15)21-13-16(12-18(21)22)19(23)20-10-7-11-24-14(2)3/h5-6,8-9,14,16H,4,7,10-13H2,1-3H3,(H,20,23). The molecule has 5 nitrogen and oxygen atoms in total. The van der Waals surface area contributed by atoms with Crippen LogP contribution in [-0.2, 0) is 20.7 Å². The Hall–Kier alpha value is -1.88. The quantitative estimate of drug-likeness (QED) is 0.744. The van der Waals surface area contributed by atoms with Crippen molar-refractivity contribution < 1.29 is 14.3 Å². The summed E-state index contributed by atoms with van der Waals surface area (Å²) in [7, 11) is 0. The SMILES string of the molecule is CCc1ccccc1N1CC(C(=O)NCCCOC(C)C)CC1=O. The summed E-state index contributed by atoms with van der Waals surface area (Å²) in [6.45, 7) is 7.74. The van der Waals surface area contributed by atoms with Crippen molar-refractivity contribution in [1.82, 2.24) is 5.32 Å². The fraction of sp³-hybridized carbons (Fsp3) is 0.579. The minimum Gasteiger partial charge on any atom is -0.379 e. The molecule has 24 heavy (non-hydrogen) atoms. The van der Waals surface area contributed by atoms with Gasteiger partial charge in [0.15, 0.2) is 0 Å². The van der Waals surface area contributed by atoms with Gasteiger partial charge in [-0.1, -0.05) is 25.1 Å². The number of hydrogen-bond donors (Lipinski definition) is 1. The molecule has 1 atom stereocenters. The van der Waals surface area contributed by atoms with E-state index in [0.717, 1.165) is 24.1 Å². The molecule has 1 aromatic carbocycles. The first-order chi connectivity index (χ1) is 11.5. The summed E-state index contributed by atoms with van der Waals surface area (Å²) in [5, 5.41) is 2.92. The fourth-order valence-electron chi connectivity index (χ4n) is 2.94. The smallest absolute Gasteiger partial charge is 0.227 e. The number of benzene rings is 1. The number of anilines is 1. The van der Waals surface area contributed by atoms with E-state index in [4.69, 9.17) is 4.74 Å². The minimum absolute atomic E-state index is 0.0270. The van der Waals surface area contributed by atoms with E-state index in [0.29, 0.717) is 19.7 Å². The number of para-hydroxylation sites is 1. The molecule has 1 N–H and O–H groups in total. The number of ether oxygens (including phenoxy) is 1. The molecule has 2 amide bonds. The first-order valence-electron chi connectivity index (χ1n) is 8.80. The lowest BCUT2D eigenvalue weighted by Crippen LogP contribution is -2.34. The number of rotatable bonds is 8. The second kappa shape index (κ2) is 8.83. The van der Waals surface area contributed by atoms with E-state index in [1.807, 2.05) is 38.1 Å². The molecule has 1 aliphatic heterocycles. The molecule has 0 radical (unpaired) electrons. The zero-order chi connectivity index (χ0) is 17.5. The third kappa shape index (κ3) is 4.81. The molecule has 0 aliphatic carbocycles. The summed E-state index contributed by atoms with van der Waals surface area (Å²) in [6.07, 6.45) is 2.15. The Labute approximate surface area is 144 Å². The second-order valence-corrected chi connectivity index (χ2v) is 6.45. The maximum absolute atomic E-state index is 12.3. The largest absolute Gasteiger partial charge is 0.379 e. The van der Waals surface area contributed by atoms with Crippen LogP contribution in [0.5, 0.6) is 0 Å². The minimum atomic E-state index is -0.270. The molecule has 1 fully saturated rings. The number of nitrogens with zero attached hydrogens (tertiary/aromatic N) is 1. The van der Waals surface area contributed by atoms with Crippen LogP contribution in [0, 0.1) is 5.92 Å². The zero-order valence-corrected chi connectivity index (χ0v) is 14.9. The maximum Gasteiger partial charge on any atom is 0.227 e. The van der Waals surface area contributed by atoms with Gasteiger partial charge in [-0.3, -0.25) is 9.59 Å². The average molecular weight is 332 g/mol. The molecule has 0 bridgehead atoms. The van der Waals surface area contributed by atoms with Gasteiger partial charge in [0.25, 0.3) is 0 Å². The highest BCUT2D eigenvalue weighted by atomic mass is 16.5. The highest BCUT2D eigenvalue weighted by Crippen LogP contribution is 2.28. The number of carbonyl (C=O) groups excluding carboxylic acids is 2. The Morgan fingerprint density at radius 1 is 1.38 bits per heavy atom. The molecule has 2 rings (SSSR count). The molecule has 0 aromatic heterocycles. The molecule has 132 valence electrons. The number of nitrogens with one attached hydrogen (secondary N) is 1. The Kier molecular flexibility index (Phi) is 6.79. The van der Waals surface area contributed by atoms with Crippen LogP contribution in [0.4, 0.5) is 5.69 Å². The van der Waals surface area contributed by atoms with Crippen molar-refractivity contribution in [3.63, 3.8) is 0 Å². The van der Waals surface area contributed by atoms with E-state index in [2.05, 4.69) is 12.2 Å². The van der Waals surface area contributed by atoms with E-state index in [-0.39, 0.29) is 30.3 Å². The van der Waals surface area contributed by atoms with Crippen molar-refractivity contribution >= 4 is 17.5 Å². The lowest BCUT2D eigenvalue weighted by molar-refractivity contribution is -0.126. The first-order valence-corrected chi connectivity index (χ1v) is 8.80.